The van der Waals surface area contributed by atoms with E-state index in [-0.39, 0.29) is 23.2 Å². The SMILES string of the molecule is Cc1ccc(-c2cn(CC3CCOCC3)cc(C(=O)Cc3ccc(-c4c(Cl)ccnc4N)cc3)c2=O)cc1. The summed E-state index contributed by atoms with van der Waals surface area (Å²) in [5, 5.41) is 0.513. The Morgan fingerprint density at radius 3 is 2.39 bits per heavy atom. The summed E-state index contributed by atoms with van der Waals surface area (Å²) in [6.07, 6.45) is 7.21. The summed E-state index contributed by atoms with van der Waals surface area (Å²) in [6.45, 7) is 4.24. The number of pyridine rings is 2. The van der Waals surface area contributed by atoms with Gasteiger partial charge in [0, 0.05) is 55.9 Å². The van der Waals surface area contributed by atoms with Crippen molar-refractivity contribution in [3.05, 3.63) is 105 Å². The van der Waals surface area contributed by atoms with Gasteiger partial charge in [-0.15, -0.1) is 0 Å². The van der Waals surface area contributed by atoms with Crippen molar-refractivity contribution in [2.45, 2.75) is 32.7 Å². The molecule has 1 saturated heterocycles. The maximum Gasteiger partial charge on any atom is 0.200 e. The molecule has 4 aromatic rings. The predicted octanol–water partition coefficient (Wildman–Crippen LogP) is 5.97. The molecule has 0 radical (unpaired) electrons. The number of carbonyl (C=O) groups excluding carboxylic acids is 1. The van der Waals surface area contributed by atoms with E-state index in [0.29, 0.717) is 27.9 Å². The number of aromatic nitrogens is 2. The highest BCUT2D eigenvalue weighted by Gasteiger charge is 2.20. The molecule has 5 rings (SSSR count). The number of hydrogen-bond acceptors (Lipinski definition) is 5. The van der Waals surface area contributed by atoms with Crippen molar-refractivity contribution in [1.29, 1.82) is 0 Å². The van der Waals surface area contributed by atoms with Crippen LogP contribution in [0.3, 0.4) is 0 Å². The molecule has 0 saturated carbocycles. The topological polar surface area (TPSA) is 87.2 Å². The van der Waals surface area contributed by atoms with Gasteiger partial charge in [0.1, 0.15) is 5.82 Å². The molecule has 6 nitrogen and oxygen atoms in total. The highest BCUT2D eigenvalue weighted by Crippen LogP contribution is 2.32. The number of anilines is 1. The normalized spacial score (nSPS) is 13.9. The molecule has 1 aliphatic rings. The van der Waals surface area contributed by atoms with Gasteiger partial charge < -0.3 is 15.0 Å². The van der Waals surface area contributed by atoms with Crippen LogP contribution in [0.5, 0.6) is 0 Å². The molecule has 2 N–H and O–H groups in total. The molecule has 38 heavy (non-hydrogen) atoms. The third-order valence-corrected chi connectivity index (χ3v) is 7.40. The molecule has 0 atom stereocenters. The Morgan fingerprint density at radius 2 is 1.71 bits per heavy atom. The Labute approximate surface area is 227 Å². The minimum atomic E-state index is -0.242. The standard InChI is InChI=1S/C31H30ClN3O3/c1-20-2-6-23(7-3-20)25-18-35(17-22-11-14-38-15-12-22)19-26(30(25)37)28(36)16-21-4-8-24(9-5-21)29-27(32)10-13-34-31(29)33/h2-10,13,18-19,22H,11-12,14-17H2,1H3,(H2,33,34). The van der Waals surface area contributed by atoms with Crippen LogP contribution in [0.2, 0.25) is 5.02 Å². The Kier molecular flexibility index (Phi) is 7.72. The van der Waals surface area contributed by atoms with Crippen LogP contribution in [0, 0.1) is 12.8 Å². The van der Waals surface area contributed by atoms with Gasteiger partial charge in [-0.1, -0.05) is 65.7 Å². The maximum atomic E-state index is 13.6. The van der Waals surface area contributed by atoms with E-state index in [1.807, 2.05) is 66.2 Å². The lowest BCUT2D eigenvalue weighted by Crippen LogP contribution is -2.25. The Balaban J connectivity index is 1.45. The van der Waals surface area contributed by atoms with Gasteiger partial charge in [0.05, 0.1) is 10.6 Å². The number of nitrogens with zero attached hydrogens (tertiary/aromatic N) is 2. The summed E-state index contributed by atoms with van der Waals surface area (Å²) in [5.74, 6) is 0.579. The number of aryl methyl sites for hydroxylation is 1. The Morgan fingerprint density at radius 1 is 1.03 bits per heavy atom. The lowest BCUT2D eigenvalue weighted by molar-refractivity contribution is 0.0612. The van der Waals surface area contributed by atoms with E-state index >= 15 is 0 Å². The molecule has 1 fully saturated rings. The average Bonchev–Trinajstić information content (AvgIpc) is 2.91. The number of nitrogen functional groups attached to an aromatic ring is 1. The lowest BCUT2D eigenvalue weighted by atomic mass is 9.97. The highest BCUT2D eigenvalue weighted by atomic mass is 35.5. The quantitative estimate of drug-likeness (QED) is 0.299. The number of hydrogen-bond donors (Lipinski definition) is 1. The second kappa shape index (κ2) is 11.3. The van der Waals surface area contributed by atoms with Crippen LogP contribution in [0.25, 0.3) is 22.3 Å². The first-order valence-electron chi connectivity index (χ1n) is 12.8. The fourth-order valence-electron chi connectivity index (χ4n) is 4.91. The first-order valence-corrected chi connectivity index (χ1v) is 13.2. The summed E-state index contributed by atoms with van der Waals surface area (Å²) in [7, 11) is 0. The van der Waals surface area contributed by atoms with Crippen molar-refractivity contribution in [3.63, 3.8) is 0 Å². The van der Waals surface area contributed by atoms with Crippen LogP contribution in [0.1, 0.15) is 34.3 Å². The zero-order valence-electron chi connectivity index (χ0n) is 21.3. The zero-order chi connectivity index (χ0) is 26.6. The zero-order valence-corrected chi connectivity index (χ0v) is 22.1. The minimum absolute atomic E-state index is 0.112. The predicted molar refractivity (Wildman–Crippen MR) is 152 cm³/mol. The molecule has 1 aliphatic heterocycles. The van der Waals surface area contributed by atoms with Crippen LogP contribution in [0.15, 0.2) is 78.0 Å². The summed E-state index contributed by atoms with van der Waals surface area (Å²) in [5.41, 5.74) is 10.7. The van der Waals surface area contributed by atoms with Crippen LogP contribution < -0.4 is 11.2 Å². The second-order valence-electron chi connectivity index (χ2n) is 9.88. The third-order valence-electron chi connectivity index (χ3n) is 7.09. The van der Waals surface area contributed by atoms with Crippen LogP contribution >= 0.6 is 11.6 Å². The molecule has 7 heteroatoms. The van der Waals surface area contributed by atoms with Gasteiger partial charge in [-0.3, -0.25) is 9.59 Å². The number of rotatable bonds is 7. The number of ketones is 1. The van der Waals surface area contributed by atoms with Gasteiger partial charge in [-0.05, 0) is 48.4 Å². The number of nitrogens with two attached hydrogens (primary N) is 1. The summed E-state index contributed by atoms with van der Waals surface area (Å²) in [6, 6.07) is 17.0. The van der Waals surface area contributed by atoms with Crippen molar-refractivity contribution in [2.75, 3.05) is 18.9 Å². The molecule has 194 valence electrons. The average molecular weight is 528 g/mol. The fraction of sp³-hybridized carbons (Fsp3) is 0.258. The molecule has 3 heterocycles. The molecule has 0 bridgehead atoms. The van der Waals surface area contributed by atoms with Crippen molar-refractivity contribution >= 4 is 23.2 Å². The van der Waals surface area contributed by atoms with Crippen molar-refractivity contribution in [2.24, 2.45) is 5.92 Å². The molecule has 2 aromatic heterocycles. The number of carbonyl (C=O) groups is 1. The number of benzene rings is 2. The van der Waals surface area contributed by atoms with Gasteiger partial charge in [-0.2, -0.15) is 0 Å². The van der Waals surface area contributed by atoms with Crippen LogP contribution in [-0.2, 0) is 17.7 Å². The largest absolute Gasteiger partial charge is 0.383 e. The lowest BCUT2D eigenvalue weighted by Gasteiger charge is -2.23. The molecule has 0 unspecified atom stereocenters. The molecular weight excluding hydrogens is 498 g/mol. The summed E-state index contributed by atoms with van der Waals surface area (Å²) >= 11 is 6.33. The first-order chi connectivity index (χ1) is 18.4. The van der Waals surface area contributed by atoms with Gasteiger partial charge in [-0.25, -0.2) is 4.98 Å². The van der Waals surface area contributed by atoms with Gasteiger partial charge in [0.25, 0.3) is 0 Å². The number of ether oxygens (including phenoxy) is 1. The number of halogens is 1. The van der Waals surface area contributed by atoms with Crippen molar-refractivity contribution in [1.82, 2.24) is 9.55 Å². The van der Waals surface area contributed by atoms with Gasteiger partial charge in [0.2, 0.25) is 0 Å². The Hall–Kier alpha value is -3.74. The molecule has 0 amide bonds. The monoisotopic (exact) mass is 527 g/mol. The van der Waals surface area contributed by atoms with Crippen LogP contribution in [0.4, 0.5) is 5.82 Å². The minimum Gasteiger partial charge on any atom is -0.383 e. The van der Waals surface area contributed by atoms with Crippen molar-refractivity contribution < 1.29 is 9.53 Å². The van der Waals surface area contributed by atoms with Crippen molar-refractivity contribution in [3.8, 4) is 22.3 Å². The van der Waals surface area contributed by atoms with E-state index in [1.54, 1.807) is 18.5 Å². The molecular formula is C31H30ClN3O3. The van der Waals surface area contributed by atoms with Crippen LogP contribution in [-0.4, -0.2) is 28.5 Å². The molecule has 2 aromatic carbocycles. The fourth-order valence-corrected chi connectivity index (χ4v) is 5.17. The van der Waals surface area contributed by atoms with E-state index in [9.17, 15) is 9.59 Å². The van der Waals surface area contributed by atoms with E-state index in [4.69, 9.17) is 22.1 Å². The highest BCUT2D eigenvalue weighted by molar-refractivity contribution is 6.33. The smallest absolute Gasteiger partial charge is 0.200 e. The maximum absolute atomic E-state index is 13.6. The van der Waals surface area contributed by atoms with Gasteiger partial charge in [0.15, 0.2) is 11.2 Å². The second-order valence-corrected chi connectivity index (χ2v) is 10.3. The van der Waals surface area contributed by atoms with E-state index in [2.05, 4.69) is 4.98 Å². The third kappa shape index (κ3) is 5.72. The number of Topliss-reactive ketones (excluding diaryl/α,β-unsaturated/α-hetero) is 1. The van der Waals surface area contributed by atoms with Gasteiger partial charge >= 0.3 is 0 Å². The summed E-state index contributed by atoms with van der Waals surface area (Å²) < 4.78 is 7.52. The molecule has 0 aliphatic carbocycles. The first kappa shape index (κ1) is 25.9. The van der Waals surface area contributed by atoms with E-state index in [0.717, 1.165) is 54.9 Å². The molecule has 0 spiro atoms. The van der Waals surface area contributed by atoms with E-state index < -0.39 is 0 Å². The summed E-state index contributed by atoms with van der Waals surface area (Å²) in [4.78, 5) is 31.2. The van der Waals surface area contributed by atoms with E-state index in [1.165, 1.54) is 0 Å². The Bertz CT molecular complexity index is 1490.